The number of anilines is 1. The van der Waals surface area contributed by atoms with E-state index in [9.17, 15) is 4.79 Å². The van der Waals surface area contributed by atoms with Crippen molar-refractivity contribution in [2.75, 3.05) is 19.0 Å². The lowest BCUT2D eigenvalue weighted by molar-refractivity contribution is -0.111. The van der Waals surface area contributed by atoms with Gasteiger partial charge in [0.2, 0.25) is 5.91 Å². The lowest BCUT2D eigenvalue weighted by atomic mass is 9.99. The maximum absolute atomic E-state index is 12.7. The number of fused-ring (bicyclic) bond motifs is 1. The molecule has 1 aromatic heterocycles. The van der Waals surface area contributed by atoms with Gasteiger partial charge < -0.3 is 19.2 Å². The zero-order valence-electron chi connectivity index (χ0n) is 18.9. The molecule has 0 fully saturated rings. The number of methoxy groups -OCH3 is 1. The van der Waals surface area contributed by atoms with E-state index in [1.165, 1.54) is 0 Å². The molecule has 4 rings (SSSR count). The highest BCUT2D eigenvalue weighted by Crippen LogP contribution is 2.40. The summed E-state index contributed by atoms with van der Waals surface area (Å²) in [5.74, 6) is 1.10. The quantitative estimate of drug-likeness (QED) is 0.265. The first kappa shape index (κ1) is 23.7. The van der Waals surface area contributed by atoms with Crippen molar-refractivity contribution in [1.82, 2.24) is 0 Å². The highest BCUT2D eigenvalue weighted by atomic mass is 35.5. The van der Waals surface area contributed by atoms with Crippen LogP contribution in [0, 0.1) is 0 Å². The summed E-state index contributed by atoms with van der Waals surface area (Å²) < 4.78 is 16.8. The van der Waals surface area contributed by atoms with E-state index in [1.807, 2.05) is 32.0 Å². The molecule has 0 spiro atoms. The summed E-state index contributed by atoms with van der Waals surface area (Å²) in [5, 5.41) is 4.80. The lowest BCUT2D eigenvalue weighted by Crippen LogP contribution is -2.08. The van der Waals surface area contributed by atoms with E-state index >= 15 is 0 Å². The van der Waals surface area contributed by atoms with Crippen LogP contribution in [0.1, 0.15) is 19.4 Å². The molecule has 0 aliphatic rings. The lowest BCUT2D eigenvalue weighted by Gasteiger charge is -2.12. The summed E-state index contributed by atoms with van der Waals surface area (Å²) in [5.41, 5.74) is 4.49. The minimum Gasteiger partial charge on any atom is -0.497 e. The van der Waals surface area contributed by atoms with Crippen molar-refractivity contribution in [3.63, 3.8) is 0 Å². The monoisotopic (exact) mass is 495 g/mol. The van der Waals surface area contributed by atoms with Crippen LogP contribution in [0.3, 0.4) is 0 Å². The Morgan fingerprint density at radius 2 is 1.82 bits per heavy atom. The summed E-state index contributed by atoms with van der Waals surface area (Å²) in [6, 6.07) is 16.3. The molecule has 0 radical (unpaired) electrons. The van der Waals surface area contributed by atoms with Crippen molar-refractivity contribution in [2.45, 2.75) is 13.8 Å². The number of allylic oxidation sites excluding steroid dienone is 1. The van der Waals surface area contributed by atoms with Crippen LogP contribution in [-0.4, -0.2) is 19.6 Å². The zero-order chi connectivity index (χ0) is 24.2. The van der Waals surface area contributed by atoms with Crippen molar-refractivity contribution in [3.8, 4) is 22.6 Å². The number of furan rings is 1. The number of carbonyl (C=O) groups is 1. The van der Waals surface area contributed by atoms with Crippen LogP contribution in [0.15, 0.2) is 71.4 Å². The Kier molecular flexibility index (Phi) is 7.15. The van der Waals surface area contributed by atoms with E-state index < -0.39 is 0 Å². The van der Waals surface area contributed by atoms with E-state index in [0.717, 1.165) is 33.4 Å². The maximum Gasteiger partial charge on any atom is 0.248 e. The zero-order valence-corrected chi connectivity index (χ0v) is 20.5. The predicted molar refractivity (Wildman–Crippen MR) is 138 cm³/mol. The normalized spacial score (nSPS) is 11.5. The highest BCUT2D eigenvalue weighted by Gasteiger charge is 2.17. The number of nitrogens with one attached hydrogen (secondary N) is 1. The Bertz CT molecular complexity index is 1370. The smallest absolute Gasteiger partial charge is 0.248 e. The summed E-state index contributed by atoms with van der Waals surface area (Å²) in [6.45, 7) is 4.25. The van der Waals surface area contributed by atoms with Crippen LogP contribution < -0.4 is 14.8 Å². The minimum atomic E-state index is -0.252. The minimum absolute atomic E-state index is 0.252. The van der Waals surface area contributed by atoms with Gasteiger partial charge in [-0.2, -0.15) is 0 Å². The Balaban J connectivity index is 1.71. The number of hydrogen-bond donors (Lipinski definition) is 1. The molecule has 7 heteroatoms. The van der Waals surface area contributed by atoms with Crippen LogP contribution >= 0.6 is 23.2 Å². The molecule has 174 valence electrons. The second-order valence-electron chi connectivity index (χ2n) is 7.60. The Labute approximate surface area is 207 Å². The van der Waals surface area contributed by atoms with Gasteiger partial charge in [-0.25, -0.2) is 0 Å². The standard InChI is InChI=1S/C27H23Cl2NO4/c1-4-33-25-14-26-22(23(15-34-26)20-10-5-17(28)12-24(20)29)13-21(25)16(2)11-27(31)30-18-6-8-19(32-3)9-7-18/h5-15H,4H2,1-3H3,(H,30,31)/b16-11+. The number of carbonyl (C=O) groups excluding carboxylic acids is 1. The van der Waals surface area contributed by atoms with Gasteiger partial charge in [-0.15, -0.1) is 0 Å². The van der Waals surface area contributed by atoms with Gasteiger partial charge in [0.1, 0.15) is 17.1 Å². The molecular formula is C27H23Cl2NO4. The van der Waals surface area contributed by atoms with Gasteiger partial charge in [0.25, 0.3) is 0 Å². The summed E-state index contributed by atoms with van der Waals surface area (Å²) in [7, 11) is 1.60. The van der Waals surface area contributed by atoms with Gasteiger partial charge in [-0.3, -0.25) is 4.79 Å². The van der Waals surface area contributed by atoms with E-state index in [0.29, 0.717) is 33.7 Å². The SMILES string of the molecule is CCOc1cc2occ(-c3ccc(Cl)cc3Cl)c2cc1/C(C)=C/C(=O)Nc1ccc(OC)cc1. The second kappa shape index (κ2) is 10.2. The van der Waals surface area contributed by atoms with Gasteiger partial charge in [0, 0.05) is 44.9 Å². The molecule has 0 aliphatic carbocycles. The first-order valence-corrected chi connectivity index (χ1v) is 11.4. The molecule has 3 aromatic carbocycles. The molecule has 34 heavy (non-hydrogen) atoms. The summed E-state index contributed by atoms with van der Waals surface area (Å²) >= 11 is 12.5. The molecule has 1 N–H and O–H groups in total. The van der Waals surface area contributed by atoms with Gasteiger partial charge in [0.05, 0.1) is 25.0 Å². The molecule has 5 nitrogen and oxygen atoms in total. The Morgan fingerprint density at radius 1 is 1.06 bits per heavy atom. The third kappa shape index (κ3) is 5.06. The van der Waals surface area contributed by atoms with Crippen molar-refractivity contribution in [1.29, 1.82) is 0 Å². The van der Waals surface area contributed by atoms with Gasteiger partial charge in [-0.1, -0.05) is 29.3 Å². The van der Waals surface area contributed by atoms with E-state index in [2.05, 4.69) is 5.32 Å². The van der Waals surface area contributed by atoms with Crippen molar-refractivity contribution in [2.24, 2.45) is 0 Å². The number of rotatable bonds is 7. The third-order valence-electron chi connectivity index (χ3n) is 5.33. The van der Waals surface area contributed by atoms with Crippen molar-refractivity contribution < 1.29 is 18.7 Å². The first-order chi connectivity index (χ1) is 16.4. The third-order valence-corrected chi connectivity index (χ3v) is 5.87. The van der Waals surface area contributed by atoms with Crippen LogP contribution in [0.5, 0.6) is 11.5 Å². The largest absolute Gasteiger partial charge is 0.497 e. The summed E-state index contributed by atoms with van der Waals surface area (Å²) in [6.07, 6.45) is 3.21. The fraction of sp³-hybridized carbons (Fsp3) is 0.148. The average Bonchev–Trinajstić information content (AvgIpc) is 3.21. The molecule has 0 bridgehead atoms. The number of ether oxygens (including phenoxy) is 2. The van der Waals surface area contributed by atoms with Gasteiger partial charge in [0.15, 0.2) is 0 Å². The molecular weight excluding hydrogens is 473 g/mol. The van der Waals surface area contributed by atoms with E-state index in [1.54, 1.807) is 55.8 Å². The number of benzene rings is 3. The molecule has 0 atom stereocenters. The van der Waals surface area contributed by atoms with Gasteiger partial charge in [-0.05, 0) is 61.9 Å². The summed E-state index contributed by atoms with van der Waals surface area (Å²) in [4.78, 5) is 12.7. The first-order valence-electron chi connectivity index (χ1n) is 10.7. The fourth-order valence-corrected chi connectivity index (χ4v) is 4.19. The van der Waals surface area contributed by atoms with Crippen LogP contribution in [0.4, 0.5) is 5.69 Å². The number of amides is 1. The van der Waals surface area contributed by atoms with Crippen LogP contribution in [0.25, 0.3) is 27.7 Å². The van der Waals surface area contributed by atoms with E-state index in [-0.39, 0.29) is 5.91 Å². The number of hydrogen-bond acceptors (Lipinski definition) is 4. The molecule has 0 unspecified atom stereocenters. The molecule has 4 aromatic rings. The van der Waals surface area contributed by atoms with Crippen LogP contribution in [-0.2, 0) is 4.79 Å². The topological polar surface area (TPSA) is 60.7 Å². The van der Waals surface area contributed by atoms with Crippen molar-refractivity contribution >= 4 is 51.3 Å². The average molecular weight is 496 g/mol. The molecule has 1 heterocycles. The Morgan fingerprint density at radius 3 is 2.50 bits per heavy atom. The number of halogens is 2. The second-order valence-corrected chi connectivity index (χ2v) is 8.44. The molecule has 1 amide bonds. The van der Waals surface area contributed by atoms with Crippen LogP contribution in [0.2, 0.25) is 10.0 Å². The predicted octanol–water partition coefficient (Wildman–Crippen LogP) is 7.86. The highest BCUT2D eigenvalue weighted by molar-refractivity contribution is 6.36. The van der Waals surface area contributed by atoms with Gasteiger partial charge >= 0.3 is 0 Å². The molecule has 0 aliphatic heterocycles. The molecule has 0 saturated carbocycles. The Hall–Kier alpha value is -3.41. The fourth-order valence-electron chi connectivity index (χ4n) is 3.68. The van der Waals surface area contributed by atoms with Crippen molar-refractivity contribution in [3.05, 3.63) is 82.5 Å². The maximum atomic E-state index is 12.7. The van der Waals surface area contributed by atoms with E-state index in [4.69, 9.17) is 37.1 Å². The molecule has 0 saturated heterocycles.